The second kappa shape index (κ2) is 3.61. The van der Waals surface area contributed by atoms with Crippen LogP contribution in [-0.4, -0.2) is 11.6 Å². The summed E-state index contributed by atoms with van der Waals surface area (Å²) in [6.45, 7) is 5.46. The van der Waals surface area contributed by atoms with Crippen molar-refractivity contribution >= 4 is 11.6 Å². The van der Waals surface area contributed by atoms with Crippen LogP contribution in [0.5, 0.6) is 0 Å². The van der Waals surface area contributed by atoms with Gasteiger partial charge in [-0.3, -0.25) is 9.59 Å². The molecule has 0 radical (unpaired) electrons. The minimum absolute atomic E-state index is 0.128. The van der Waals surface area contributed by atoms with E-state index >= 15 is 0 Å². The zero-order valence-corrected chi connectivity index (χ0v) is 8.72. The number of rotatable bonds is 1. The molecule has 0 N–H and O–H groups in total. The van der Waals surface area contributed by atoms with E-state index in [0.717, 1.165) is 0 Å². The Kier molecular flexibility index (Phi) is 2.43. The fourth-order valence-electron chi connectivity index (χ4n) is 2.42. The van der Waals surface area contributed by atoms with Gasteiger partial charge in [-0.2, -0.15) is 0 Å². The van der Waals surface area contributed by atoms with Crippen molar-refractivity contribution in [2.45, 2.75) is 6.92 Å². The first-order valence-corrected chi connectivity index (χ1v) is 5.22. The molecule has 0 bridgehead atoms. The second-order valence-electron chi connectivity index (χ2n) is 4.18. The lowest BCUT2D eigenvalue weighted by Gasteiger charge is -2.34. The largest absolute Gasteiger partial charge is 0.299 e. The molecule has 15 heavy (non-hydrogen) atoms. The summed E-state index contributed by atoms with van der Waals surface area (Å²) in [5, 5.41) is 0. The summed E-state index contributed by atoms with van der Waals surface area (Å²) in [7, 11) is 0. The van der Waals surface area contributed by atoms with E-state index in [-0.39, 0.29) is 35.2 Å². The van der Waals surface area contributed by atoms with Gasteiger partial charge in [0.15, 0.2) is 0 Å². The Labute approximate surface area is 89.4 Å². The van der Waals surface area contributed by atoms with Crippen molar-refractivity contribution in [2.24, 2.45) is 23.7 Å². The zero-order valence-electron chi connectivity index (χ0n) is 8.72. The number of hydrogen-bond acceptors (Lipinski definition) is 2. The summed E-state index contributed by atoms with van der Waals surface area (Å²) in [6, 6.07) is 0. The van der Waals surface area contributed by atoms with Crippen molar-refractivity contribution in [1.29, 1.82) is 0 Å². The van der Waals surface area contributed by atoms with E-state index in [9.17, 15) is 9.59 Å². The van der Waals surface area contributed by atoms with E-state index in [0.29, 0.717) is 0 Å². The monoisotopic (exact) mass is 202 g/mol. The van der Waals surface area contributed by atoms with Gasteiger partial charge in [0.25, 0.3) is 0 Å². The molecule has 4 atom stereocenters. The molecule has 1 fully saturated rings. The van der Waals surface area contributed by atoms with Crippen molar-refractivity contribution in [2.75, 3.05) is 0 Å². The molecule has 2 aliphatic carbocycles. The number of ketones is 2. The van der Waals surface area contributed by atoms with Crippen molar-refractivity contribution in [3.63, 3.8) is 0 Å². The highest BCUT2D eigenvalue weighted by Crippen LogP contribution is 2.36. The number of carbonyl (C=O) groups is 2. The summed E-state index contributed by atoms with van der Waals surface area (Å²) < 4.78 is 0. The van der Waals surface area contributed by atoms with Gasteiger partial charge in [0, 0.05) is 23.7 Å². The van der Waals surface area contributed by atoms with Gasteiger partial charge < -0.3 is 0 Å². The van der Waals surface area contributed by atoms with Crippen LogP contribution in [0, 0.1) is 23.7 Å². The molecule has 0 aliphatic heterocycles. The van der Waals surface area contributed by atoms with E-state index in [2.05, 4.69) is 6.58 Å². The number of hydrogen-bond donors (Lipinski definition) is 0. The molecule has 0 aromatic heterocycles. The van der Waals surface area contributed by atoms with Crippen molar-refractivity contribution in [3.05, 3.63) is 37.0 Å². The number of Topliss-reactive ketones (excluding diaryl/α,β-unsaturated/α-hetero) is 2. The first-order chi connectivity index (χ1) is 7.16. The van der Waals surface area contributed by atoms with Gasteiger partial charge in [-0.05, 0) is 0 Å². The average Bonchev–Trinajstić information content (AvgIpc) is 2.27. The highest BCUT2D eigenvalue weighted by atomic mass is 16.1. The molecular weight excluding hydrogens is 188 g/mol. The minimum Gasteiger partial charge on any atom is -0.299 e. The maximum Gasteiger partial charge on any atom is 0.148 e. The lowest BCUT2D eigenvalue weighted by molar-refractivity contribution is -0.141. The number of fused-ring (bicyclic) bond motifs is 1. The predicted molar refractivity (Wildman–Crippen MR) is 58.1 cm³/mol. The van der Waals surface area contributed by atoms with Crippen LogP contribution >= 0.6 is 0 Å². The molecule has 0 aromatic carbocycles. The summed E-state index contributed by atoms with van der Waals surface area (Å²) in [4.78, 5) is 24.0. The molecule has 4 unspecified atom stereocenters. The Morgan fingerprint density at radius 2 is 1.67 bits per heavy atom. The summed E-state index contributed by atoms with van der Waals surface area (Å²) in [5.74, 6) is -0.759. The SMILES string of the molecule is C=CC1C(=O)C2C=CC=CC2C(=O)C1C. The van der Waals surface area contributed by atoms with Crippen LogP contribution in [0.15, 0.2) is 37.0 Å². The lowest BCUT2D eigenvalue weighted by atomic mass is 9.66. The van der Waals surface area contributed by atoms with Crippen LogP contribution in [0.1, 0.15) is 6.92 Å². The van der Waals surface area contributed by atoms with Crippen LogP contribution in [0.2, 0.25) is 0 Å². The molecule has 78 valence electrons. The van der Waals surface area contributed by atoms with Crippen LogP contribution in [0.3, 0.4) is 0 Å². The Morgan fingerprint density at radius 1 is 1.13 bits per heavy atom. The summed E-state index contributed by atoms with van der Waals surface area (Å²) in [5.41, 5.74) is 0. The molecule has 0 aromatic rings. The van der Waals surface area contributed by atoms with Crippen molar-refractivity contribution < 1.29 is 9.59 Å². The fraction of sp³-hybridized carbons (Fsp3) is 0.385. The third-order valence-corrected chi connectivity index (χ3v) is 3.36. The van der Waals surface area contributed by atoms with Crippen LogP contribution in [-0.2, 0) is 9.59 Å². The standard InChI is InChI=1S/C13H14O2/c1-3-9-8(2)12(14)10-6-4-5-7-11(10)13(9)15/h3-11H,1H2,2H3. The Bertz CT molecular complexity index is 376. The smallest absolute Gasteiger partial charge is 0.148 e. The third kappa shape index (κ3) is 1.41. The molecular formula is C13H14O2. The fourth-order valence-corrected chi connectivity index (χ4v) is 2.42. The average molecular weight is 202 g/mol. The van der Waals surface area contributed by atoms with Gasteiger partial charge in [-0.1, -0.05) is 37.3 Å². The highest BCUT2D eigenvalue weighted by molar-refractivity contribution is 6.02. The Balaban J connectivity index is 2.38. The number of allylic oxidation sites excluding steroid dienone is 5. The van der Waals surface area contributed by atoms with E-state index < -0.39 is 0 Å². The first kappa shape index (κ1) is 10.1. The van der Waals surface area contributed by atoms with E-state index in [1.165, 1.54) is 0 Å². The van der Waals surface area contributed by atoms with Crippen LogP contribution in [0.4, 0.5) is 0 Å². The molecule has 0 amide bonds. The van der Waals surface area contributed by atoms with Gasteiger partial charge >= 0.3 is 0 Å². The topological polar surface area (TPSA) is 34.1 Å². The van der Waals surface area contributed by atoms with Gasteiger partial charge in [-0.15, -0.1) is 6.58 Å². The molecule has 2 nitrogen and oxygen atoms in total. The maximum atomic E-state index is 12.0. The van der Waals surface area contributed by atoms with E-state index in [4.69, 9.17) is 0 Å². The Morgan fingerprint density at radius 3 is 2.20 bits per heavy atom. The second-order valence-corrected chi connectivity index (χ2v) is 4.18. The highest BCUT2D eigenvalue weighted by Gasteiger charge is 2.44. The van der Waals surface area contributed by atoms with Crippen LogP contribution in [0.25, 0.3) is 0 Å². The molecule has 0 heterocycles. The molecule has 1 saturated carbocycles. The van der Waals surface area contributed by atoms with Crippen molar-refractivity contribution in [3.8, 4) is 0 Å². The van der Waals surface area contributed by atoms with Gasteiger partial charge in [-0.25, -0.2) is 0 Å². The quantitative estimate of drug-likeness (QED) is 0.609. The maximum absolute atomic E-state index is 12.0. The predicted octanol–water partition coefficient (Wildman–Crippen LogP) is 1.93. The molecule has 0 spiro atoms. The van der Waals surface area contributed by atoms with E-state index in [1.54, 1.807) is 6.08 Å². The van der Waals surface area contributed by atoms with Crippen LogP contribution < -0.4 is 0 Å². The van der Waals surface area contributed by atoms with Gasteiger partial charge in [0.2, 0.25) is 0 Å². The molecule has 2 heteroatoms. The molecule has 2 rings (SSSR count). The summed E-state index contributed by atoms with van der Waals surface area (Å²) in [6.07, 6.45) is 8.94. The molecule has 2 aliphatic rings. The number of carbonyl (C=O) groups excluding carboxylic acids is 2. The zero-order chi connectivity index (χ0) is 11.0. The Hall–Kier alpha value is -1.44. The summed E-state index contributed by atoms with van der Waals surface area (Å²) >= 11 is 0. The van der Waals surface area contributed by atoms with Gasteiger partial charge in [0.05, 0.1) is 0 Å². The first-order valence-electron chi connectivity index (χ1n) is 5.22. The van der Waals surface area contributed by atoms with Crippen molar-refractivity contribution in [1.82, 2.24) is 0 Å². The lowest BCUT2D eigenvalue weighted by Crippen LogP contribution is -2.44. The van der Waals surface area contributed by atoms with Gasteiger partial charge in [0.1, 0.15) is 11.6 Å². The third-order valence-electron chi connectivity index (χ3n) is 3.36. The minimum atomic E-state index is -0.310. The van der Waals surface area contributed by atoms with E-state index in [1.807, 2.05) is 31.2 Å². The normalized spacial score (nSPS) is 39.0. The molecule has 0 saturated heterocycles.